The maximum Gasteiger partial charge on any atom is 0.0885 e. The molecule has 0 radical (unpaired) electrons. The van der Waals surface area contributed by atoms with Crippen molar-refractivity contribution in [2.75, 3.05) is 13.2 Å². The van der Waals surface area contributed by atoms with E-state index < -0.39 is 5.60 Å². The molecule has 1 aliphatic rings. The molecule has 1 unspecified atom stereocenters. The van der Waals surface area contributed by atoms with Gasteiger partial charge in [-0.3, -0.25) is 0 Å². The molecule has 1 rings (SSSR count). The first kappa shape index (κ1) is 12.0. The van der Waals surface area contributed by atoms with E-state index >= 15 is 0 Å². The Morgan fingerprint density at radius 2 is 2.00 bits per heavy atom. The van der Waals surface area contributed by atoms with Crippen LogP contribution >= 0.6 is 0 Å². The van der Waals surface area contributed by atoms with E-state index in [1.165, 1.54) is 6.42 Å². The molecule has 0 aromatic heterocycles. The van der Waals surface area contributed by atoms with E-state index in [0.717, 1.165) is 32.3 Å². The fraction of sp³-hybridized carbons (Fsp3) is 1.00. The van der Waals surface area contributed by atoms with E-state index in [0.29, 0.717) is 6.61 Å². The normalized spacial score (nSPS) is 31.7. The number of aliphatic hydroxyl groups is 1. The molecule has 0 aromatic carbocycles. The van der Waals surface area contributed by atoms with Crippen LogP contribution in [0.2, 0.25) is 0 Å². The third-order valence-electron chi connectivity index (χ3n) is 3.02. The van der Waals surface area contributed by atoms with Crippen molar-refractivity contribution in [3.8, 4) is 0 Å². The summed E-state index contributed by atoms with van der Waals surface area (Å²) in [7, 11) is 0. The van der Waals surface area contributed by atoms with Gasteiger partial charge in [0.1, 0.15) is 0 Å². The molecule has 0 bridgehead atoms. The predicted octanol–water partition coefficient (Wildman–Crippen LogP) is 2.74. The van der Waals surface area contributed by atoms with E-state index in [2.05, 4.69) is 20.8 Å². The number of ether oxygens (including phenoxy) is 1. The Bertz CT molecular complexity index is 177. The molecule has 0 amide bonds. The molecule has 1 aliphatic carbocycles. The van der Waals surface area contributed by atoms with Crippen molar-refractivity contribution in [3.63, 3.8) is 0 Å². The van der Waals surface area contributed by atoms with Gasteiger partial charge < -0.3 is 9.84 Å². The van der Waals surface area contributed by atoms with Gasteiger partial charge in [0.15, 0.2) is 0 Å². The summed E-state index contributed by atoms with van der Waals surface area (Å²) in [5.41, 5.74) is -0.278. The highest BCUT2D eigenvalue weighted by Gasteiger charge is 2.38. The Hall–Kier alpha value is -0.0800. The van der Waals surface area contributed by atoms with Crippen LogP contribution in [0.25, 0.3) is 0 Å². The van der Waals surface area contributed by atoms with E-state index in [1.807, 2.05) is 0 Å². The summed E-state index contributed by atoms with van der Waals surface area (Å²) in [5.74, 6) is 0. The first-order valence-corrected chi connectivity index (χ1v) is 5.78. The Kier molecular flexibility index (Phi) is 3.96. The van der Waals surface area contributed by atoms with Crippen LogP contribution in [0.3, 0.4) is 0 Å². The second-order valence-corrected chi connectivity index (χ2v) is 5.47. The molecular formula is C12H24O2. The van der Waals surface area contributed by atoms with Crippen molar-refractivity contribution in [1.82, 2.24) is 0 Å². The van der Waals surface area contributed by atoms with Crippen LogP contribution < -0.4 is 0 Å². The molecule has 2 nitrogen and oxygen atoms in total. The highest BCUT2D eigenvalue weighted by Crippen LogP contribution is 2.40. The van der Waals surface area contributed by atoms with Crippen molar-refractivity contribution in [3.05, 3.63) is 0 Å². The Morgan fingerprint density at radius 1 is 1.29 bits per heavy atom. The zero-order valence-corrected chi connectivity index (χ0v) is 9.81. The molecule has 0 saturated heterocycles. The zero-order valence-electron chi connectivity index (χ0n) is 9.81. The van der Waals surface area contributed by atoms with Crippen molar-refractivity contribution in [2.45, 2.75) is 58.5 Å². The molecule has 0 spiro atoms. The minimum atomic E-state index is -0.559. The van der Waals surface area contributed by atoms with Crippen molar-refractivity contribution in [1.29, 1.82) is 0 Å². The Morgan fingerprint density at radius 3 is 2.57 bits per heavy atom. The van der Waals surface area contributed by atoms with Crippen molar-refractivity contribution >= 4 is 0 Å². The van der Waals surface area contributed by atoms with Crippen LogP contribution in [-0.4, -0.2) is 23.9 Å². The summed E-state index contributed by atoms with van der Waals surface area (Å²) in [5, 5.41) is 10.3. The van der Waals surface area contributed by atoms with Crippen LogP contribution in [0.4, 0.5) is 0 Å². The maximum atomic E-state index is 10.3. The van der Waals surface area contributed by atoms with Gasteiger partial charge >= 0.3 is 0 Å². The number of hydrogen-bond donors (Lipinski definition) is 1. The highest BCUT2D eigenvalue weighted by molar-refractivity contribution is 4.90. The molecule has 2 heteroatoms. The minimum absolute atomic E-state index is 0.280. The van der Waals surface area contributed by atoms with Gasteiger partial charge in [-0.05, 0) is 37.5 Å². The van der Waals surface area contributed by atoms with Gasteiger partial charge in [-0.2, -0.15) is 0 Å². The molecule has 1 saturated carbocycles. The van der Waals surface area contributed by atoms with E-state index in [1.54, 1.807) is 0 Å². The summed E-state index contributed by atoms with van der Waals surface area (Å²) in [6.07, 6.45) is 5.16. The molecule has 1 atom stereocenters. The zero-order chi connectivity index (χ0) is 10.7. The third kappa shape index (κ3) is 3.58. The fourth-order valence-electron chi connectivity index (χ4n) is 2.49. The number of rotatable bonds is 4. The highest BCUT2D eigenvalue weighted by atomic mass is 16.5. The van der Waals surface area contributed by atoms with Gasteiger partial charge in [-0.1, -0.05) is 20.8 Å². The van der Waals surface area contributed by atoms with Crippen molar-refractivity contribution < 1.29 is 9.84 Å². The largest absolute Gasteiger partial charge is 0.387 e. The van der Waals surface area contributed by atoms with Gasteiger partial charge in [-0.15, -0.1) is 0 Å². The summed E-state index contributed by atoms with van der Waals surface area (Å²) in [6.45, 7) is 7.84. The SMILES string of the molecule is CCCOCC1(O)CCCC(C)(C)C1. The van der Waals surface area contributed by atoms with E-state index in [9.17, 15) is 5.11 Å². The first-order chi connectivity index (χ1) is 6.47. The summed E-state index contributed by atoms with van der Waals surface area (Å²) < 4.78 is 5.47. The third-order valence-corrected chi connectivity index (χ3v) is 3.02. The standard InChI is InChI=1S/C12H24O2/c1-4-8-14-10-12(13)7-5-6-11(2,3)9-12/h13H,4-10H2,1-3H3. The average Bonchev–Trinajstić information content (AvgIpc) is 2.01. The summed E-state index contributed by atoms with van der Waals surface area (Å²) in [4.78, 5) is 0. The fourth-order valence-corrected chi connectivity index (χ4v) is 2.49. The topological polar surface area (TPSA) is 29.5 Å². The van der Waals surface area contributed by atoms with Gasteiger partial charge in [-0.25, -0.2) is 0 Å². The van der Waals surface area contributed by atoms with Gasteiger partial charge in [0.05, 0.1) is 12.2 Å². The second-order valence-electron chi connectivity index (χ2n) is 5.47. The summed E-state index contributed by atoms with van der Waals surface area (Å²) >= 11 is 0. The Balaban J connectivity index is 2.39. The van der Waals surface area contributed by atoms with Crippen LogP contribution in [-0.2, 0) is 4.74 Å². The monoisotopic (exact) mass is 200 g/mol. The molecule has 14 heavy (non-hydrogen) atoms. The first-order valence-electron chi connectivity index (χ1n) is 5.78. The molecule has 1 fully saturated rings. The minimum Gasteiger partial charge on any atom is -0.387 e. The lowest BCUT2D eigenvalue weighted by Gasteiger charge is -2.41. The molecule has 84 valence electrons. The van der Waals surface area contributed by atoms with Gasteiger partial charge in [0.25, 0.3) is 0 Å². The van der Waals surface area contributed by atoms with Crippen LogP contribution in [0.1, 0.15) is 52.9 Å². The van der Waals surface area contributed by atoms with Crippen molar-refractivity contribution in [2.24, 2.45) is 5.41 Å². The van der Waals surface area contributed by atoms with Gasteiger partial charge in [0.2, 0.25) is 0 Å². The van der Waals surface area contributed by atoms with E-state index in [4.69, 9.17) is 4.74 Å². The van der Waals surface area contributed by atoms with E-state index in [-0.39, 0.29) is 5.41 Å². The molecular weight excluding hydrogens is 176 g/mol. The average molecular weight is 200 g/mol. The van der Waals surface area contributed by atoms with Crippen LogP contribution in [0.5, 0.6) is 0 Å². The Labute approximate surface area is 87.7 Å². The lowest BCUT2D eigenvalue weighted by molar-refractivity contribution is -0.0944. The second kappa shape index (κ2) is 4.63. The lowest BCUT2D eigenvalue weighted by atomic mass is 9.70. The molecule has 0 aliphatic heterocycles. The number of hydrogen-bond acceptors (Lipinski definition) is 2. The van der Waals surface area contributed by atoms with Gasteiger partial charge in [0, 0.05) is 6.61 Å². The predicted molar refractivity (Wildman–Crippen MR) is 58.3 cm³/mol. The van der Waals surface area contributed by atoms with Crippen LogP contribution in [0.15, 0.2) is 0 Å². The molecule has 0 aromatic rings. The lowest BCUT2D eigenvalue weighted by Crippen LogP contribution is -2.42. The van der Waals surface area contributed by atoms with Crippen LogP contribution in [0, 0.1) is 5.41 Å². The smallest absolute Gasteiger partial charge is 0.0885 e. The summed E-state index contributed by atoms with van der Waals surface area (Å²) in [6, 6.07) is 0. The quantitative estimate of drug-likeness (QED) is 0.707. The molecule has 0 heterocycles. The molecule has 1 N–H and O–H groups in total. The maximum absolute atomic E-state index is 10.3.